The number of hydrogen-bond acceptors (Lipinski definition) is 3. The number of carbonyl (C=O) groups excluding carboxylic acids is 2. The maximum Gasteiger partial charge on any atom is 0.220 e. The molecule has 0 aliphatic heterocycles. The molecule has 0 saturated heterocycles. The van der Waals surface area contributed by atoms with Crippen LogP contribution in [0, 0.1) is 0 Å². The summed E-state index contributed by atoms with van der Waals surface area (Å²) >= 11 is 0. The molecule has 4 heteroatoms. The Balaban J connectivity index is 2.57. The molecule has 4 nitrogen and oxygen atoms in total. The summed E-state index contributed by atoms with van der Waals surface area (Å²) in [6.45, 7) is 6.22. The number of benzene rings is 1. The van der Waals surface area contributed by atoms with E-state index in [1.165, 1.54) is 5.56 Å². The zero-order valence-electron chi connectivity index (χ0n) is 12.3. The van der Waals surface area contributed by atoms with Crippen LogP contribution in [0.1, 0.15) is 63.1 Å². The van der Waals surface area contributed by atoms with Crippen molar-refractivity contribution >= 4 is 11.9 Å². The highest BCUT2D eigenvalue weighted by Crippen LogP contribution is 2.21. The fourth-order valence-electron chi connectivity index (χ4n) is 1.96. The van der Waals surface area contributed by atoms with Gasteiger partial charge in [0.1, 0.15) is 0 Å². The van der Waals surface area contributed by atoms with E-state index in [1.54, 1.807) is 0 Å². The molecule has 1 N–H and O–H groups in total. The van der Waals surface area contributed by atoms with Crippen LogP contribution in [0.15, 0.2) is 24.3 Å². The van der Waals surface area contributed by atoms with Crippen LogP contribution in [0.3, 0.4) is 0 Å². The molecule has 0 aromatic heterocycles. The highest BCUT2D eigenvalue weighted by Gasteiger charge is 2.10. The van der Waals surface area contributed by atoms with E-state index in [-0.39, 0.29) is 24.8 Å². The van der Waals surface area contributed by atoms with Crippen molar-refractivity contribution in [3.05, 3.63) is 35.4 Å². The molecule has 110 valence electrons. The Labute approximate surface area is 120 Å². The first-order chi connectivity index (χ1) is 9.43. The lowest BCUT2D eigenvalue weighted by Gasteiger charge is -2.16. The number of hydrogen-bond donors (Lipinski definition) is 1. The first-order valence-electron chi connectivity index (χ1n) is 7.03. The van der Waals surface area contributed by atoms with Gasteiger partial charge in [0.2, 0.25) is 5.91 Å². The van der Waals surface area contributed by atoms with Crippen LogP contribution in [-0.4, -0.2) is 11.9 Å². The summed E-state index contributed by atoms with van der Waals surface area (Å²) in [5.74, 6) is -0.949. The summed E-state index contributed by atoms with van der Waals surface area (Å²) in [4.78, 5) is 21.8. The number of carboxylic acids is 1. The van der Waals surface area contributed by atoms with E-state index in [4.69, 9.17) is 0 Å². The van der Waals surface area contributed by atoms with Crippen molar-refractivity contribution in [2.24, 2.45) is 0 Å². The molecule has 0 unspecified atom stereocenters. The highest BCUT2D eigenvalue weighted by atomic mass is 16.4. The molecule has 0 saturated carbocycles. The van der Waals surface area contributed by atoms with Crippen LogP contribution < -0.4 is 10.4 Å². The van der Waals surface area contributed by atoms with E-state index in [1.807, 2.05) is 19.1 Å². The number of carbonyl (C=O) groups is 2. The molecule has 1 amide bonds. The molecule has 0 heterocycles. The van der Waals surface area contributed by atoms with Crippen molar-refractivity contribution in [1.29, 1.82) is 0 Å². The lowest BCUT2D eigenvalue weighted by molar-refractivity contribution is -0.305. The van der Waals surface area contributed by atoms with E-state index < -0.39 is 5.97 Å². The van der Waals surface area contributed by atoms with Gasteiger partial charge in [-0.1, -0.05) is 38.1 Å². The monoisotopic (exact) mass is 276 g/mol. The van der Waals surface area contributed by atoms with Gasteiger partial charge < -0.3 is 15.2 Å². The molecular formula is C16H22NO3-. The molecule has 2 atom stereocenters. The molecule has 1 aromatic carbocycles. The van der Waals surface area contributed by atoms with Crippen molar-refractivity contribution in [3.8, 4) is 0 Å². The predicted octanol–water partition coefficient (Wildman–Crippen LogP) is 1.91. The number of carboxylic acid groups (broad SMARTS) is 1. The molecule has 0 fully saturated rings. The van der Waals surface area contributed by atoms with Gasteiger partial charge in [-0.05, 0) is 36.8 Å². The third-order valence-corrected chi connectivity index (χ3v) is 3.55. The SMILES string of the molecule is CC[C@H](C)c1ccc([C@H](C)NC(=O)CCC(=O)[O-])cc1. The van der Waals surface area contributed by atoms with Gasteiger partial charge in [0, 0.05) is 12.4 Å². The second kappa shape index (κ2) is 7.68. The minimum atomic E-state index is -1.20. The average Bonchev–Trinajstić information content (AvgIpc) is 2.44. The van der Waals surface area contributed by atoms with Crippen molar-refractivity contribution in [1.82, 2.24) is 5.32 Å². The van der Waals surface area contributed by atoms with Crippen molar-refractivity contribution in [2.45, 2.75) is 52.0 Å². The van der Waals surface area contributed by atoms with Crippen LogP contribution in [0.4, 0.5) is 0 Å². The lowest BCUT2D eigenvalue weighted by atomic mass is 9.96. The molecular weight excluding hydrogens is 254 g/mol. The van der Waals surface area contributed by atoms with Gasteiger partial charge in [0.25, 0.3) is 0 Å². The summed E-state index contributed by atoms with van der Waals surface area (Å²) in [7, 11) is 0. The molecule has 0 radical (unpaired) electrons. The van der Waals surface area contributed by atoms with E-state index in [0.29, 0.717) is 5.92 Å². The fourth-order valence-corrected chi connectivity index (χ4v) is 1.96. The van der Waals surface area contributed by atoms with Gasteiger partial charge >= 0.3 is 0 Å². The van der Waals surface area contributed by atoms with E-state index in [0.717, 1.165) is 12.0 Å². The summed E-state index contributed by atoms with van der Waals surface area (Å²) in [5, 5.41) is 13.1. The summed E-state index contributed by atoms with van der Waals surface area (Å²) in [6.07, 6.45) is 0.804. The Kier molecular flexibility index (Phi) is 6.22. The van der Waals surface area contributed by atoms with Crippen LogP contribution >= 0.6 is 0 Å². The maximum atomic E-state index is 11.6. The Morgan fingerprint density at radius 2 is 1.65 bits per heavy atom. The summed E-state index contributed by atoms with van der Waals surface area (Å²) in [5.41, 5.74) is 2.30. The number of rotatable bonds is 7. The van der Waals surface area contributed by atoms with E-state index >= 15 is 0 Å². The molecule has 0 bridgehead atoms. The van der Waals surface area contributed by atoms with E-state index in [2.05, 4.69) is 31.3 Å². The van der Waals surface area contributed by atoms with Gasteiger partial charge in [-0.2, -0.15) is 0 Å². The van der Waals surface area contributed by atoms with E-state index in [9.17, 15) is 14.7 Å². The molecule has 0 aliphatic rings. The molecule has 1 aromatic rings. The minimum Gasteiger partial charge on any atom is -0.550 e. The van der Waals surface area contributed by atoms with Crippen LogP contribution in [0.25, 0.3) is 0 Å². The van der Waals surface area contributed by atoms with Crippen molar-refractivity contribution in [2.75, 3.05) is 0 Å². The Hall–Kier alpha value is -1.84. The number of amides is 1. The smallest absolute Gasteiger partial charge is 0.220 e. The minimum absolute atomic E-state index is 0.0440. The molecule has 20 heavy (non-hydrogen) atoms. The number of aliphatic carboxylic acids is 1. The van der Waals surface area contributed by atoms with Crippen molar-refractivity contribution in [3.63, 3.8) is 0 Å². The average molecular weight is 276 g/mol. The third-order valence-electron chi connectivity index (χ3n) is 3.55. The normalized spacial score (nSPS) is 13.6. The topological polar surface area (TPSA) is 69.2 Å². The molecule has 1 rings (SSSR count). The quantitative estimate of drug-likeness (QED) is 0.827. The zero-order valence-corrected chi connectivity index (χ0v) is 12.3. The number of nitrogens with one attached hydrogen (secondary N) is 1. The highest BCUT2D eigenvalue weighted by molar-refractivity contribution is 5.80. The van der Waals surface area contributed by atoms with Gasteiger partial charge in [0.15, 0.2) is 0 Å². The summed E-state index contributed by atoms with van der Waals surface area (Å²) < 4.78 is 0. The first kappa shape index (κ1) is 16.2. The molecule has 0 spiro atoms. The van der Waals surface area contributed by atoms with Gasteiger partial charge in [0.05, 0.1) is 6.04 Å². The Morgan fingerprint density at radius 1 is 1.10 bits per heavy atom. The van der Waals surface area contributed by atoms with Crippen molar-refractivity contribution < 1.29 is 14.7 Å². The summed E-state index contributed by atoms with van der Waals surface area (Å²) in [6, 6.07) is 8.03. The second-order valence-corrected chi connectivity index (χ2v) is 5.14. The zero-order chi connectivity index (χ0) is 15.1. The fraction of sp³-hybridized carbons (Fsp3) is 0.500. The van der Waals surface area contributed by atoms with Crippen LogP contribution in [-0.2, 0) is 9.59 Å². The lowest BCUT2D eigenvalue weighted by Crippen LogP contribution is -2.29. The third kappa shape index (κ3) is 5.03. The van der Waals surface area contributed by atoms with Crippen LogP contribution in [0.5, 0.6) is 0 Å². The largest absolute Gasteiger partial charge is 0.550 e. The Bertz CT molecular complexity index is 453. The van der Waals surface area contributed by atoms with Crippen LogP contribution in [0.2, 0.25) is 0 Å². The van der Waals surface area contributed by atoms with Gasteiger partial charge in [-0.25, -0.2) is 0 Å². The second-order valence-electron chi connectivity index (χ2n) is 5.14. The first-order valence-corrected chi connectivity index (χ1v) is 7.03. The van der Waals surface area contributed by atoms with Gasteiger partial charge in [-0.15, -0.1) is 0 Å². The standard InChI is InChI=1S/C16H23NO3/c1-4-11(2)13-5-7-14(8-6-13)12(3)17-15(18)9-10-16(19)20/h5-8,11-12H,4,9-10H2,1-3H3,(H,17,18)(H,19,20)/p-1/t11-,12-/m0/s1. The molecule has 0 aliphatic carbocycles. The van der Waals surface area contributed by atoms with Gasteiger partial charge in [-0.3, -0.25) is 4.79 Å². The Morgan fingerprint density at radius 3 is 2.15 bits per heavy atom. The maximum absolute atomic E-state index is 11.6. The predicted molar refractivity (Wildman–Crippen MR) is 75.9 cm³/mol.